The van der Waals surface area contributed by atoms with Crippen LogP contribution in [0.3, 0.4) is 0 Å². The molecule has 0 radical (unpaired) electrons. The number of benzene rings is 1. The van der Waals surface area contributed by atoms with Crippen LogP contribution in [0, 0.1) is 0 Å². The molecule has 1 aromatic rings. The van der Waals surface area contributed by atoms with Crippen LogP contribution in [-0.2, 0) is 0 Å². The number of carbonyl (C=O) groups is 1. The van der Waals surface area contributed by atoms with Crippen LogP contribution >= 0.6 is 15.9 Å². The minimum absolute atomic E-state index is 0.252. The lowest BCUT2D eigenvalue weighted by molar-refractivity contribution is 0.0976. The summed E-state index contributed by atoms with van der Waals surface area (Å²) < 4.78 is 1.02. The number of ketones is 1. The molecule has 0 amide bonds. The number of hydrogen-bond donors (Lipinski definition) is 0. The first kappa shape index (κ1) is 12.8. The Hall–Kier alpha value is -0.670. The van der Waals surface area contributed by atoms with Crippen molar-refractivity contribution in [3.05, 3.63) is 34.3 Å². The van der Waals surface area contributed by atoms with Gasteiger partial charge in [-0.1, -0.05) is 28.1 Å². The van der Waals surface area contributed by atoms with E-state index in [1.165, 1.54) is 12.8 Å². The standard InChI is InChI=1S/C14H18BrNO/c1-16(13-8-9-13)10-2-3-14(17)11-4-6-12(15)7-5-11/h4-7,13H,2-3,8-10H2,1H3. The van der Waals surface area contributed by atoms with E-state index in [2.05, 4.69) is 27.9 Å². The summed E-state index contributed by atoms with van der Waals surface area (Å²) in [7, 11) is 2.15. The number of Topliss-reactive ketones (excluding diaryl/α,β-unsaturated/α-hetero) is 1. The van der Waals surface area contributed by atoms with Crippen LogP contribution in [0.2, 0.25) is 0 Å². The van der Waals surface area contributed by atoms with Gasteiger partial charge < -0.3 is 4.90 Å². The van der Waals surface area contributed by atoms with Crippen molar-refractivity contribution in [3.8, 4) is 0 Å². The lowest BCUT2D eigenvalue weighted by Crippen LogP contribution is -2.22. The molecule has 3 heteroatoms. The van der Waals surface area contributed by atoms with Gasteiger partial charge >= 0.3 is 0 Å². The fourth-order valence-electron chi connectivity index (χ4n) is 1.97. The Morgan fingerprint density at radius 2 is 2.00 bits per heavy atom. The highest BCUT2D eigenvalue weighted by Gasteiger charge is 2.25. The Bertz CT molecular complexity index is 384. The molecule has 0 spiro atoms. The normalized spacial score (nSPS) is 15.2. The molecule has 0 bridgehead atoms. The highest BCUT2D eigenvalue weighted by molar-refractivity contribution is 9.10. The van der Waals surface area contributed by atoms with Crippen LogP contribution in [0.25, 0.3) is 0 Å². The van der Waals surface area contributed by atoms with E-state index in [-0.39, 0.29) is 5.78 Å². The van der Waals surface area contributed by atoms with Crippen LogP contribution in [-0.4, -0.2) is 30.3 Å². The highest BCUT2D eigenvalue weighted by Crippen LogP contribution is 2.25. The van der Waals surface area contributed by atoms with Crippen molar-refractivity contribution in [2.75, 3.05) is 13.6 Å². The first-order chi connectivity index (χ1) is 8.16. The van der Waals surface area contributed by atoms with E-state index in [0.717, 1.165) is 29.0 Å². The van der Waals surface area contributed by atoms with Crippen LogP contribution in [0.1, 0.15) is 36.0 Å². The maximum atomic E-state index is 11.9. The van der Waals surface area contributed by atoms with Gasteiger partial charge in [0, 0.05) is 22.5 Å². The zero-order chi connectivity index (χ0) is 12.3. The Morgan fingerprint density at radius 3 is 2.59 bits per heavy atom. The van der Waals surface area contributed by atoms with E-state index in [9.17, 15) is 4.79 Å². The van der Waals surface area contributed by atoms with Gasteiger partial charge in [0.1, 0.15) is 0 Å². The van der Waals surface area contributed by atoms with Crippen LogP contribution in [0.15, 0.2) is 28.7 Å². The van der Waals surface area contributed by atoms with Crippen molar-refractivity contribution in [2.24, 2.45) is 0 Å². The second-order valence-corrected chi connectivity index (χ2v) is 5.66. The number of nitrogens with zero attached hydrogens (tertiary/aromatic N) is 1. The van der Waals surface area contributed by atoms with Crippen molar-refractivity contribution in [1.82, 2.24) is 4.90 Å². The van der Waals surface area contributed by atoms with E-state index in [4.69, 9.17) is 0 Å². The summed E-state index contributed by atoms with van der Waals surface area (Å²) in [5.74, 6) is 0.252. The molecular weight excluding hydrogens is 278 g/mol. The van der Waals surface area contributed by atoms with Gasteiger partial charge in [0.2, 0.25) is 0 Å². The zero-order valence-electron chi connectivity index (χ0n) is 10.2. The highest BCUT2D eigenvalue weighted by atomic mass is 79.9. The number of carbonyl (C=O) groups excluding carboxylic acids is 1. The van der Waals surface area contributed by atoms with E-state index in [1.54, 1.807) is 0 Å². The van der Waals surface area contributed by atoms with Gasteiger partial charge in [-0.2, -0.15) is 0 Å². The van der Waals surface area contributed by atoms with E-state index >= 15 is 0 Å². The van der Waals surface area contributed by atoms with Gasteiger partial charge in [-0.05, 0) is 45.0 Å². The van der Waals surface area contributed by atoms with Crippen molar-refractivity contribution in [2.45, 2.75) is 31.7 Å². The van der Waals surface area contributed by atoms with Crippen molar-refractivity contribution in [3.63, 3.8) is 0 Å². The number of rotatable bonds is 6. The van der Waals surface area contributed by atoms with Gasteiger partial charge in [0.25, 0.3) is 0 Å². The minimum atomic E-state index is 0.252. The lowest BCUT2D eigenvalue weighted by atomic mass is 10.1. The molecule has 0 aliphatic heterocycles. The van der Waals surface area contributed by atoms with Crippen molar-refractivity contribution in [1.29, 1.82) is 0 Å². The third-order valence-electron chi connectivity index (χ3n) is 3.25. The fraction of sp³-hybridized carbons (Fsp3) is 0.500. The molecule has 0 saturated heterocycles. The second-order valence-electron chi connectivity index (χ2n) is 4.75. The quantitative estimate of drug-likeness (QED) is 0.749. The Morgan fingerprint density at radius 1 is 1.35 bits per heavy atom. The first-order valence-electron chi connectivity index (χ1n) is 6.16. The molecule has 0 atom stereocenters. The van der Waals surface area contributed by atoms with Crippen LogP contribution in [0.5, 0.6) is 0 Å². The maximum absolute atomic E-state index is 11.9. The van der Waals surface area contributed by atoms with Gasteiger partial charge in [0.05, 0.1) is 0 Å². The summed E-state index contributed by atoms with van der Waals surface area (Å²) in [4.78, 5) is 14.3. The predicted molar refractivity (Wildman–Crippen MR) is 73.4 cm³/mol. The van der Waals surface area contributed by atoms with Gasteiger partial charge in [-0.3, -0.25) is 4.79 Å². The summed E-state index contributed by atoms with van der Waals surface area (Å²) in [5.41, 5.74) is 0.822. The third-order valence-corrected chi connectivity index (χ3v) is 3.78. The summed E-state index contributed by atoms with van der Waals surface area (Å²) >= 11 is 3.37. The predicted octanol–water partition coefficient (Wildman–Crippen LogP) is 3.51. The maximum Gasteiger partial charge on any atom is 0.162 e. The molecule has 1 aromatic carbocycles. The molecule has 1 saturated carbocycles. The molecule has 1 aliphatic rings. The zero-order valence-corrected chi connectivity index (χ0v) is 11.7. The molecule has 1 fully saturated rings. The summed E-state index contributed by atoms with van der Waals surface area (Å²) in [6.07, 6.45) is 4.27. The largest absolute Gasteiger partial charge is 0.303 e. The Labute approximate surface area is 111 Å². The molecule has 0 heterocycles. The smallest absolute Gasteiger partial charge is 0.162 e. The van der Waals surface area contributed by atoms with E-state index < -0.39 is 0 Å². The molecule has 17 heavy (non-hydrogen) atoms. The molecule has 2 rings (SSSR count). The van der Waals surface area contributed by atoms with Crippen molar-refractivity contribution < 1.29 is 4.79 Å². The molecule has 0 N–H and O–H groups in total. The molecule has 0 unspecified atom stereocenters. The molecule has 92 valence electrons. The summed E-state index contributed by atoms with van der Waals surface area (Å²) in [6, 6.07) is 8.40. The van der Waals surface area contributed by atoms with Gasteiger partial charge in [0.15, 0.2) is 5.78 Å². The molecular formula is C14H18BrNO. The van der Waals surface area contributed by atoms with Gasteiger partial charge in [-0.15, -0.1) is 0 Å². The second kappa shape index (κ2) is 5.78. The SMILES string of the molecule is CN(CCCC(=O)c1ccc(Br)cc1)C1CC1. The first-order valence-corrected chi connectivity index (χ1v) is 6.95. The Kier molecular flexibility index (Phi) is 4.35. The fourth-order valence-corrected chi connectivity index (χ4v) is 2.23. The number of halogens is 1. The topological polar surface area (TPSA) is 20.3 Å². The van der Waals surface area contributed by atoms with Gasteiger partial charge in [-0.25, -0.2) is 0 Å². The summed E-state index contributed by atoms with van der Waals surface area (Å²) in [6.45, 7) is 1.03. The van der Waals surface area contributed by atoms with E-state index in [0.29, 0.717) is 6.42 Å². The van der Waals surface area contributed by atoms with Crippen LogP contribution in [0.4, 0.5) is 0 Å². The molecule has 2 nitrogen and oxygen atoms in total. The average molecular weight is 296 g/mol. The minimum Gasteiger partial charge on any atom is -0.303 e. The van der Waals surface area contributed by atoms with Crippen molar-refractivity contribution >= 4 is 21.7 Å². The molecule has 0 aromatic heterocycles. The monoisotopic (exact) mass is 295 g/mol. The van der Waals surface area contributed by atoms with E-state index in [1.807, 2.05) is 24.3 Å². The van der Waals surface area contributed by atoms with Crippen LogP contribution < -0.4 is 0 Å². The number of hydrogen-bond acceptors (Lipinski definition) is 2. The third kappa shape index (κ3) is 3.93. The summed E-state index contributed by atoms with van der Waals surface area (Å²) in [5, 5.41) is 0. The Balaban J connectivity index is 1.74. The average Bonchev–Trinajstić information content (AvgIpc) is 3.13. The molecule has 1 aliphatic carbocycles. The lowest BCUT2D eigenvalue weighted by Gasteiger charge is -2.14.